The quantitative estimate of drug-likeness (QED) is 0.257. The number of aryl methyl sites for hydroxylation is 1. The van der Waals surface area contributed by atoms with Crippen molar-refractivity contribution < 1.29 is 14.1 Å². The number of nitro benzene ring substituents is 1. The van der Waals surface area contributed by atoms with Crippen molar-refractivity contribution in [2.24, 2.45) is 4.99 Å². The van der Waals surface area contributed by atoms with Gasteiger partial charge in [-0.05, 0) is 60.6 Å². The topological polar surface area (TPSA) is 92.2 Å². The molecule has 1 amide bonds. The Hall–Kier alpha value is -3.56. The number of furan rings is 1. The van der Waals surface area contributed by atoms with E-state index in [-0.39, 0.29) is 11.6 Å². The number of amidine groups is 1. The lowest BCUT2D eigenvalue weighted by molar-refractivity contribution is -0.384. The maximum Gasteiger partial charge on any atom is 0.286 e. The van der Waals surface area contributed by atoms with Crippen molar-refractivity contribution in [1.29, 1.82) is 0 Å². The second-order valence-corrected chi connectivity index (χ2v) is 9.64. The number of nitrogens with zero attached hydrogens (tertiary/aromatic N) is 4. The number of hydrogen-bond donors (Lipinski definition) is 0. The van der Waals surface area contributed by atoms with Crippen LogP contribution in [0.15, 0.2) is 68.9 Å². The summed E-state index contributed by atoms with van der Waals surface area (Å²) in [6, 6.07) is 15.8. The molecule has 35 heavy (non-hydrogen) atoms. The van der Waals surface area contributed by atoms with E-state index in [2.05, 4.69) is 20.9 Å². The van der Waals surface area contributed by atoms with E-state index in [1.165, 1.54) is 23.9 Å². The zero-order valence-electron chi connectivity index (χ0n) is 18.8. The second-order valence-electron chi connectivity index (χ2n) is 8.22. The lowest BCUT2D eigenvalue weighted by Gasteiger charge is -2.36. The zero-order valence-corrected chi connectivity index (χ0v) is 20.4. The third kappa shape index (κ3) is 4.96. The summed E-state index contributed by atoms with van der Waals surface area (Å²) in [6.07, 6.45) is 1.68. The molecule has 3 heterocycles. The van der Waals surface area contributed by atoms with Crippen molar-refractivity contribution >= 4 is 51.9 Å². The molecule has 8 nitrogen and oxygen atoms in total. The standard InChI is InChI=1S/C25H21ClN4O4S/c1-16-2-5-19(14-21(16)26)28-10-12-29(13-11-28)25-27-24(31)23(35-25)15-20-8-9-22(34-20)17-3-6-18(7-4-17)30(32)33/h2-9,14-15H,10-13H2,1H3. The van der Waals surface area contributed by atoms with Crippen LogP contribution in [0.2, 0.25) is 5.02 Å². The van der Waals surface area contributed by atoms with Gasteiger partial charge in [-0.2, -0.15) is 4.99 Å². The minimum Gasteiger partial charge on any atom is -0.457 e. The van der Waals surface area contributed by atoms with Crippen molar-refractivity contribution in [3.05, 3.63) is 86.0 Å². The number of halogens is 1. The normalized spacial score (nSPS) is 17.3. The minimum absolute atomic E-state index is 0.0174. The molecule has 2 aromatic carbocycles. The van der Waals surface area contributed by atoms with Gasteiger partial charge in [-0.25, -0.2) is 0 Å². The number of carbonyl (C=O) groups excluding carboxylic acids is 1. The van der Waals surface area contributed by atoms with Crippen molar-refractivity contribution in [2.75, 3.05) is 31.1 Å². The van der Waals surface area contributed by atoms with Gasteiger partial charge in [0.15, 0.2) is 5.17 Å². The van der Waals surface area contributed by atoms with E-state index in [0.29, 0.717) is 21.6 Å². The Kier molecular flexibility index (Phi) is 6.36. The number of amides is 1. The number of piperazine rings is 1. The number of rotatable bonds is 4. The van der Waals surface area contributed by atoms with Crippen molar-refractivity contribution in [1.82, 2.24) is 4.90 Å². The molecule has 178 valence electrons. The van der Waals surface area contributed by atoms with Crippen molar-refractivity contribution in [3.63, 3.8) is 0 Å². The molecule has 1 aromatic heterocycles. The molecule has 3 aromatic rings. The summed E-state index contributed by atoms with van der Waals surface area (Å²) >= 11 is 7.63. The van der Waals surface area contributed by atoms with Crippen LogP contribution in [0, 0.1) is 17.0 Å². The van der Waals surface area contributed by atoms with Crippen LogP contribution in [-0.2, 0) is 4.79 Å². The number of benzene rings is 2. The summed E-state index contributed by atoms with van der Waals surface area (Å²) in [7, 11) is 0. The molecule has 1 fully saturated rings. The third-order valence-corrected chi connectivity index (χ3v) is 7.39. The molecule has 0 unspecified atom stereocenters. The van der Waals surface area contributed by atoms with Gasteiger partial charge >= 0.3 is 0 Å². The van der Waals surface area contributed by atoms with Crippen LogP contribution in [-0.4, -0.2) is 47.1 Å². The monoisotopic (exact) mass is 508 g/mol. The summed E-state index contributed by atoms with van der Waals surface area (Å²) in [6.45, 7) is 5.11. The summed E-state index contributed by atoms with van der Waals surface area (Å²) < 4.78 is 5.85. The molecule has 0 saturated carbocycles. The summed E-state index contributed by atoms with van der Waals surface area (Å²) in [5.74, 6) is 0.799. The van der Waals surface area contributed by atoms with Crippen LogP contribution in [0.4, 0.5) is 11.4 Å². The molecule has 0 spiro atoms. The highest BCUT2D eigenvalue weighted by Gasteiger charge is 2.29. The molecule has 2 aliphatic rings. The largest absolute Gasteiger partial charge is 0.457 e. The van der Waals surface area contributed by atoms with E-state index in [4.69, 9.17) is 16.0 Å². The number of non-ortho nitro benzene ring substituents is 1. The van der Waals surface area contributed by atoms with Crippen LogP contribution in [0.5, 0.6) is 0 Å². The van der Waals surface area contributed by atoms with E-state index in [1.54, 1.807) is 30.3 Å². The Morgan fingerprint density at radius 1 is 1.06 bits per heavy atom. The van der Waals surface area contributed by atoms with Gasteiger partial charge in [0, 0.05) is 60.7 Å². The maximum absolute atomic E-state index is 12.5. The van der Waals surface area contributed by atoms with Gasteiger partial charge in [0.1, 0.15) is 11.5 Å². The highest BCUT2D eigenvalue weighted by atomic mass is 35.5. The SMILES string of the molecule is Cc1ccc(N2CCN(C3=NC(=O)C(=Cc4ccc(-c5ccc([N+](=O)[O-])cc5)o4)S3)CC2)cc1Cl. The number of carbonyl (C=O) groups is 1. The molecule has 1 saturated heterocycles. The van der Waals surface area contributed by atoms with Crippen LogP contribution in [0.25, 0.3) is 17.4 Å². The van der Waals surface area contributed by atoms with E-state index in [0.717, 1.165) is 48.0 Å². The Morgan fingerprint density at radius 3 is 2.46 bits per heavy atom. The minimum atomic E-state index is -0.444. The van der Waals surface area contributed by atoms with Crippen LogP contribution < -0.4 is 4.90 Å². The van der Waals surface area contributed by atoms with E-state index >= 15 is 0 Å². The average molecular weight is 509 g/mol. The van der Waals surface area contributed by atoms with E-state index in [9.17, 15) is 14.9 Å². The van der Waals surface area contributed by atoms with Crippen LogP contribution in [0.3, 0.4) is 0 Å². The molecule has 5 rings (SSSR count). The smallest absolute Gasteiger partial charge is 0.286 e. The molecule has 0 atom stereocenters. The summed E-state index contributed by atoms with van der Waals surface area (Å²) in [4.78, 5) is 32.1. The lowest BCUT2D eigenvalue weighted by Crippen LogP contribution is -2.47. The Balaban J connectivity index is 1.22. The highest BCUT2D eigenvalue weighted by Crippen LogP contribution is 2.33. The highest BCUT2D eigenvalue weighted by molar-refractivity contribution is 8.18. The summed E-state index contributed by atoms with van der Waals surface area (Å²) in [5, 5.41) is 12.3. The number of anilines is 1. The molecule has 10 heteroatoms. The third-order valence-electron chi connectivity index (χ3n) is 5.94. The number of hydrogen-bond acceptors (Lipinski definition) is 7. The first kappa shape index (κ1) is 23.2. The van der Waals surface area contributed by atoms with Gasteiger partial charge in [-0.15, -0.1) is 0 Å². The summed E-state index contributed by atoms with van der Waals surface area (Å²) in [5.41, 5.74) is 2.89. The number of thioether (sulfide) groups is 1. The molecule has 2 aliphatic heterocycles. The molecule has 0 N–H and O–H groups in total. The van der Waals surface area contributed by atoms with E-state index in [1.807, 2.05) is 19.1 Å². The average Bonchev–Trinajstić information content (AvgIpc) is 3.48. The lowest BCUT2D eigenvalue weighted by atomic mass is 10.1. The molecular formula is C25H21ClN4O4S. The molecule has 0 radical (unpaired) electrons. The first-order valence-electron chi connectivity index (χ1n) is 11.0. The van der Waals surface area contributed by atoms with Crippen molar-refractivity contribution in [2.45, 2.75) is 6.92 Å². The Labute approximate surface area is 211 Å². The fourth-order valence-corrected chi connectivity index (χ4v) is 5.05. The number of aliphatic imine (C=N–C) groups is 1. The predicted octanol–water partition coefficient (Wildman–Crippen LogP) is 5.61. The maximum atomic E-state index is 12.5. The van der Waals surface area contributed by atoms with Crippen LogP contribution in [0.1, 0.15) is 11.3 Å². The van der Waals surface area contributed by atoms with Gasteiger partial charge in [0.2, 0.25) is 0 Å². The number of nitro groups is 1. The van der Waals surface area contributed by atoms with Gasteiger partial charge in [0.25, 0.3) is 11.6 Å². The van der Waals surface area contributed by atoms with Gasteiger partial charge < -0.3 is 14.2 Å². The molecule has 0 aliphatic carbocycles. The van der Waals surface area contributed by atoms with Gasteiger partial charge in [-0.1, -0.05) is 17.7 Å². The second kappa shape index (κ2) is 9.59. The fourth-order valence-electron chi connectivity index (χ4n) is 3.93. The fraction of sp³-hybridized carbons (Fsp3) is 0.200. The van der Waals surface area contributed by atoms with Gasteiger partial charge in [0.05, 0.1) is 9.83 Å². The Morgan fingerprint density at radius 2 is 1.77 bits per heavy atom. The zero-order chi connectivity index (χ0) is 24.5. The van der Waals surface area contributed by atoms with Gasteiger partial charge in [-0.3, -0.25) is 14.9 Å². The first-order chi connectivity index (χ1) is 16.9. The molecule has 0 bridgehead atoms. The van der Waals surface area contributed by atoms with Crippen LogP contribution >= 0.6 is 23.4 Å². The predicted molar refractivity (Wildman–Crippen MR) is 139 cm³/mol. The Bertz CT molecular complexity index is 1360. The first-order valence-corrected chi connectivity index (χ1v) is 12.2. The molecular weight excluding hydrogens is 488 g/mol. The van der Waals surface area contributed by atoms with Crippen molar-refractivity contribution in [3.8, 4) is 11.3 Å². The van der Waals surface area contributed by atoms with E-state index < -0.39 is 4.92 Å².